The molecular formula is C18H6Br3O3PS. The van der Waals surface area contributed by atoms with Crippen molar-refractivity contribution in [3.05, 3.63) is 49.8 Å². The highest BCUT2D eigenvalue weighted by molar-refractivity contribution is 9.11. The summed E-state index contributed by atoms with van der Waals surface area (Å²) in [6.45, 7) is 0. The summed E-state index contributed by atoms with van der Waals surface area (Å²) in [7, 11) is 0. The fourth-order valence-corrected chi connectivity index (χ4v) is 10.3. The first kappa shape index (κ1) is 16.1. The SMILES string of the molecule is S=P12c3c4ccc(Br)c3Oc3ccc(Br)c(c31)Oc1ccc(Br)c(c12)O4. The molecule has 0 N–H and O–H groups in total. The Morgan fingerprint density at radius 2 is 0.885 bits per heavy atom. The Hall–Kier alpha value is -0.850. The number of benzene rings is 3. The summed E-state index contributed by atoms with van der Waals surface area (Å²) in [6.07, 6.45) is 0. The molecule has 3 heterocycles. The third-order valence-corrected chi connectivity index (χ3v) is 11.4. The number of hydrogen-bond donors (Lipinski definition) is 0. The second-order valence-electron chi connectivity index (χ2n) is 6.09. The summed E-state index contributed by atoms with van der Waals surface area (Å²) in [5.41, 5.74) is 0. The van der Waals surface area contributed by atoms with E-state index in [1.54, 1.807) is 0 Å². The Kier molecular flexibility index (Phi) is 3.19. The van der Waals surface area contributed by atoms with Gasteiger partial charge in [0.2, 0.25) is 0 Å². The molecule has 3 nitrogen and oxygen atoms in total. The highest BCUT2D eigenvalue weighted by atomic mass is 79.9. The molecule has 0 saturated heterocycles. The van der Waals surface area contributed by atoms with Crippen molar-refractivity contribution in [2.24, 2.45) is 0 Å². The Bertz CT molecular complexity index is 1090. The van der Waals surface area contributed by atoms with Gasteiger partial charge in [0.25, 0.3) is 0 Å². The average molecular weight is 573 g/mol. The van der Waals surface area contributed by atoms with Crippen LogP contribution in [0.15, 0.2) is 49.8 Å². The van der Waals surface area contributed by atoms with E-state index in [0.29, 0.717) is 0 Å². The second kappa shape index (κ2) is 5.15. The molecule has 0 bridgehead atoms. The topological polar surface area (TPSA) is 27.7 Å². The molecule has 0 unspecified atom stereocenters. The molecule has 0 aliphatic carbocycles. The summed E-state index contributed by atoms with van der Waals surface area (Å²) >= 11 is 17.3. The molecule has 6 rings (SSSR count). The molecule has 3 aliphatic heterocycles. The third kappa shape index (κ3) is 1.77. The molecule has 0 spiro atoms. The van der Waals surface area contributed by atoms with Gasteiger partial charge in [-0.2, -0.15) is 0 Å². The van der Waals surface area contributed by atoms with E-state index in [-0.39, 0.29) is 0 Å². The van der Waals surface area contributed by atoms with E-state index in [4.69, 9.17) is 26.0 Å². The van der Waals surface area contributed by atoms with E-state index in [2.05, 4.69) is 47.8 Å². The Balaban J connectivity index is 1.88. The van der Waals surface area contributed by atoms with Gasteiger partial charge in [0.15, 0.2) is 17.2 Å². The van der Waals surface area contributed by atoms with Crippen LogP contribution in [-0.2, 0) is 11.8 Å². The maximum absolute atomic E-state index is 6.47. The molecule has 0 atom stereocenters. The van der Waals surface area contributed by atoms with Crippen molar-refractivity contribution in [3.8, 4) is 34.5 Å². The number of ether oxygens (including phenoxy) is 3. The highest BCUT2D eigenvalue weighted by Crippen LogP contribution is 2.66. The summed E-state index contributed by atoms with van der Waals surface area (Å²) in [5.74, 6) is 4.46. The minimum Gasteiger partial charge on any atom is -0.454 e. The van der Waals surface area contributed by atoms with Gasteiger partial charge in [0, 0.05) is 0 Å². The zero-order valence-electron chi connectivity index (χ0n) is 12.7. The van der Waals surface area contributed by atoms with Crippen molar-refractivity contribution in [1.82, 2.24) is 0 Å². The maximum atomic E-state index is 6.47. The summed E-state index contributed by atoms with van der Waals surface area (Å²) in [5, 5.41) is 2.84. The Labute approximate surface area is 179 Å². The van der Waals surface area contributed by atoms with Crippen LogP contribution in [-0.4, -0.2) is 0 Å². The van der Waals surface area contributed by atoms with Crippen LogP contribution in [0.25, 0.3) is 0 Å². The van der Waals surface area contributed by atoms with Gasteiger partial charge in [-0.25, -0.2) is 0 Å². The van der Waals surface area contributed by atoms with Gasteiger partial charge >= 0.3 is 0 Å². The largest absolute Gasteiger partial charge is 0.454 e. The molecular weight excluding hydrogens is 567 g/mol. The van der Waals surface area contributed by atoms with Gasteiger partial charge in [-0.3, -0.25) is 0 Å². The lowest BCUT2D eigenvalue weighted by molar-refractivity contribution is 0.442. The molecule has 0 amide bonds. The summed E-state index contributed by atoms with van der Waals surface area (Å²) in [4.78, 5) is 0. The normalized spacial score (nSPS) is 16.1. The molecule has 3 aromatic rings. The zero-order valence-corrected chi connectivity index (χ0v) is 19.1. The van der Waals surface area contributed by atoms with Gasteiger partial charge in [0.1, 0.15) is 17.2 Å². The maximum Gasteiger partial charge on any atom is 0.154 e. The van der Waals surface area contributed by atoms with Crippen molar-refractivity contribution in [3.63, 3.8) is 0 Å². The van der Waals surface area contributed by atoms with Crippen molar-refractivity contribution >= 4 is 81.5 Å². The minimum atomic E-state index is -2.40. The Morgan fingerprint density at radius 3 is 1.19 bits per heavy atom. The van der Waals surface area contributed by atoms with Crippen LogP contribution in [0.4, 0.5) is 0 Å². The summed E-state index contributed by atoms with van der Waals surface area (Å²) < 4.78 is 21.4. The molecule has 8 heteroatoms. The van der Waals surface area contributed by atoms with E-state index in [9.17, 15) is 0 Å². The fraction of sp³-hybridized carbons (Fsp3) is 0. The smallest absolute Gasteiger partial charge is 0.154 e. The van der Waals surface area contributed by atoms with Crippen LogP contribution in [0, 0.1) is 0 Å². The average Bonchev–Trinajstić information content (AvgIpc) is 2.62. The zero-order chi connectivity index (χ0) is 17.8. The van der Waals surface area contributed by atoms with Crippen molar-refractivity contribution in [2.75, 3.05) is 0 Å². The predicted molar refractivity (Wildman–Crippen MR) is 116 cm³/mol. The van der Waals surface area contributed by atoms with Crippen molar-refractivity contribution < 1.29 is 14.2 Å². The van der Waals surface area contributed by atoms with Crippen molar-refractivity contribution in [2.45, 2.75) is 0 Å². The summed E-state index contributed by atoms with van der Waals surface area (Å²) in [6, 6.07) is 9.24. The van der Waals surface area contributed by atoms with Gasteiger partial charge in [-0.1, -0.05) is 11.8 Å². The quantitative estimate of drug-likeness (QED) is 0.207. The van der Waals surface area contributed by atoms with Crippen LogP contribution in [0.5, 0.6) is 34.5 Å². The van der Waals surface area contributed by atoms with E-state index < -0.39 is 6.04 Å². The van der Waals surface area contributed by atoms with Crippen molar-refractivity contribution in [1.29, 1.82) is 0 Å². The fourth-order valence-electron chi connectivity index (χ4n) is 3.68. The Morgan fingerprint density at radius 1 is 0.577 bits per heavy atom. The second-order valence-corrected chi connectivity index (χ2v) is 12.9. The van der Waals surface area contributed by atoms with Gasteiger partial charge in [0.05, 0.1) is 35.4 Å². The molecule has 0 aromatic heterocycles. The van der Waals surface area contributed by atoms with Crippen LogP contribution in [0.2, 0.25) is 0 Å². The van der Waals surface area contributed by atoms with E-state index in [1.807, 2.05) is 36.4 Å². The lowest BCUT2D eigenvalue weighted by Gasteiger charge is -2.41. The first-order valence-electron chi connectivity index (χ1n) is 7.63. The molecule has 128 valence electrons. The van der Waals surface area contributed by atoms with Gasteiger partial charge in [-0.05, 0) is 84.2 Å². The monoisotopic (exact) mass is 570 g/mol. The van der Waals surface area contributed by atoms with E-state index >= 15 is 0 Å². The molecule has 0 fully saturated rings. The number of halogens is 3. The lowest BCUT2D eigenvalue weighted by Crippen LogP contribution is -2.38. The predicted octanol–water partition coefficient (Wildman–Crippen LogP) is 6.05. The standard InChI is InChI=1S/C18H6Br3O3PS/c19-7-1-4-10-16-13(7)23-11-5-2-9(21)15-17(11)25(16,26)18-12(24-15)6-3-8(20)14(18)22-10/h1-6H. The number of hydrogen-bond acceptors (Lipinski definition) is 4. The van der Waals surface area contributed by atoms with Gasteiger partial charge in [-0.15, -0.1) is 0 Å². The highest BCUT2D eigenvalue weighted by Gasteiger charge is 2.50. The first-order valence-corrected chi connectivity index (χ1v) is 12.8. The molecule has 0 radical (unpaired) electrons. The van der Waals surface area contributed by atoms with Crippen LogP contribution in [0.1, 0.15) is 0 Å². The lowest BCUT2D eigenvalue weighted by atomic mass is 10.2. The first-order chi connectivity index (χ1) is 12.5. The third-order valence-electron chi connectivity index (χ3n) is 4.72. The number of rotatable bonds is 0. The molecule has 0 saturated carbocycles. The van der Waals surface area contributed by atoms with Crippen LogP contribution < -0.4 is 30.1 Å². The molecule has 3 aromatic carbocycles. The molecule has 26 heavy (non-hydrogen) atoms. The van der Waals surface area contributed by atoms with E-state index in [1.165, 1.54) is 0 Å². The van der Waals surface area contributed by atoms with E-state index in [0.717, 1.165) is 63.8 Å². The van der Waals surface area contributed by atoms with Crippen LogP contribution in [0.3, 0.4) is 0 Å². The van der Waals surface area contributed by atoms with Crippen LogP contribution >= 0.6 is 53.8 Å². The van der Waals surface area contributed by atoms with Gasteiger partial charge < -0.3 is 14.2 Å². The molecule has 3 aliphatic rings. The minimum absolute atomic E-state index is 0.741.